The van der Waals surface area contributed by atoms with E-state index < -0.39 is 5.97 Å². The van der Waals surface area contributed by atoms with E-state index in [1.54, 1.807) is 26.0 Å². The van der Waals surface area contributed by atoms with Gasteiger partial charge in [0, 0.05) is 18.2 Å². The number of carbonyl (C=O) groups excluding carboxylic acids is 2. The van der Waals surface area contributed by atoms with Crippen LogP contribution in [-0.2, 0) is 16.1 Å². The molecule has 0 saturated heterocycles. The minimum atomic E-state index is -1.06. The number of hydrogen-bond acceptors (Lipinski definition) is 3. The van der Waals surface area contributed by atoms with Crippen LogP contribution in [0.4, 0.5) is 0 Å². The molecule has 1 aromatic rings. The van der Waals surface area contributed by atoms with Crippen molar-refractivity contribution in [2.75, 3.05) is 13.1 Å². The van der Waals surface area contributed by atoms with Gasteiger partial charge in [-0.3, -0.25) is 14.4 Å². The Hall–Kier alpha value is -2.37. The Labute approximate surface area is 123 Å². The molecule has 0 aliphatic carbocycles. The highest BCUT2D eigenvalue weighted by molar-refractivity contribution is 6.00. The van der Waals surface area contributed by atoms with Crippen molar-refractivity contribution >= 4 is 17.8 Å². The number of fused-ring (bicyclic) bond motifs is 1. The lowest BCUT2D eigenvalue weighted by atomic mass is 10.1. The maximum absolute atomic E-state index is 12.2. The Bertz CT molecular complexity index is 583. The van der Waals surface area contributed by atoms with Crippen molar-refractivity contribution in [2.24, 2.45) is 0 Å². The van der Waals surface area contributed by atoms with Gasteiger partial charge < -0.3 is 14.9 Å². The lowest BCUT2D eigenvalue weighted by molar-refractivity contribution is -0.146. The van der Waals surface area contributed by atoms with Crippen molar-refractivity contribution < 1.29 is 19.5 Å². The molecule has 1 aliphatic rings. The minimum Gasteiger partial charge on any atom is -0.480 e. The van der Waals surface area contributed by atoms with Gasteiger partial charge in [0.15, 0.2) is 0 Å². The molecule has 6 heteroatoms. The lowest BCUT2D eigenvalue weighted by Gasteiger charge is -2.27. The largest absolute Gasteiger partial charge is 0.480 e. The number of hydrogen-bond donors (Lipinski definition) is 1. The van der Waals surface area contributed by atoms with E-state index in [1.807, 2.05) is 12.1 Å². The second-order valence-electron chi connectivity index (χ2n) is 5.33. The Kier molecular flexibility index (Phi) is 4.26. The summed E-state index contributed by atoms with van der Waals surface area (Å²) in [7, 11) is 0. The minimum absolute atomic E-state index is 0.0982. The van der Waals surface area contributed by atoms with E-state index in [9.17, 15) is 14.4 Å². The highest BCUT2D eigenvalue weighted by Gasteiger charge is 2.30. The van der Waals surface area contributed by atoms with Gasteiger partial charge in [0.25, 0.3) is 5.91 Å². The van der Waals surface area contributed by atoms with Gasteiger partial charge in [-0.05, 0) is 25.5 Å². The van der Waals surface area contributed by atoms with E-state index in [2.05, 4.69) is 0 Å². The summed E-state index contributed by atoms with van der Waals surface area (Å²) in [5, 5.41) is 8.86. The van der Waals surface area contributed by atoms with E-state index in [1.165, 1.54) is 9.80 Å². The average molecular weight is 290 g/mol. The van der Waals surface area contributed by atoms with Gasteiger partial charge in [-0.1, -0.05) is 18.2 Å². The molecule has 1 heterocycles. The Morgan fingerprint density at radius 2 is 2.00 bits per heavy atom. The standard InChI is InChI=1S/C15H18N2O4/c1-10(2)17(9-14(19)20)13(18)8-16-7-11-5-3-4-6-12(11)15(16)21/h3-6,10H,7-9H2,1-2H3,(H,19,20). The summed E-state index contributed by atoms with van der Waals surface area (Å²) in [6.07, 6.45) is 0. The van der Waals surface area contributed by atoms with Crippen molar-refractivity contribution in [1.29, 1.82) is 0 Å². The van der Waals surface area contributed by atoms with Crippen molar-refractivity contribution in [1.82, 2.24) is 9.80 Å². The van der Waals surface area contributed by atoms with Gasteiger partial charge in [-0.25, -0.2) is 0 Å². The maximum Gasteiger partial charge on any atom is 0.323 e. The number of carboxylic acids is 1. The number of carboxylic acid groups (broad SMARTS) is 1. The van der Waals surface area contributed by atoms with Crippen molar-refractivity contribution in [3.63, 3.8) is 0 Å². The van der Waals surface area contributed by atoms with Crippen LogP contribution < -0.4 is 0 Å². The summed E-state index contributed by atoms with van der Waals surface area (Å²) in [4.78, 5) is 38.0. The zero-order chi connectivity index (χ0) is 15.6. The Balaban J connectivity index is 2.07. The second kappa shape index (κ2) is 5.95. The average Bonchev–Trinajstić information content (AvgIpc) is 2.73. The zero-order valence-corrected chi connectivity index (χ0v) is 12.1. The third-order valence-electron chi connectivity index (χ3n) is 3.47. The summed E-state index contributed by atoms with van der Waals surface area (Å²) in [6, 6.07) is 7.00. The van der Waals surface area contributed by atoms with Gasteiger partial charge in [0.1, 0.15) is 13.1 Å². The van der Waals surface area contributed by atoms with Crippen LogP contribution in [0.2, 0.25) is 0 Å². The number of aliphatic carboxylic acids is 1. The van der Waals surface area contributed by atoms with E-state index in [-0.39, 0.29) is 30.9 Å². The van der Waals surface area contributed by atoms with Gasteiger partial charge in [0.2, 0.25) is 5.91 Å². The molecule has 0 bridgehead atoms. The highest BCUT2D eigenvalue weighted by Crippen LogP contribution is 2.22. The molecule has 0 atom stereocenters. The van der Waals surface area contributed by atoms with E-state index >= 15 is 0 Å². The fourth-order valence-electron chi connectivity index (χ4n) is 2.40. The van der Waals surface area contributed by atoms with Crippen molar-refractivity contribution in [2.45, 2.75) is 26.4 Å². The molecule has 0 aromatic heterocycles. The van der Waals surface area contributed by atoms with Crippen LogP contribution in [0.3, 0.4) is 0 Å². The van der Waals surface area contributed by atoms with Crippen LogP contribution in [0.1, 0.15) is 29.8 Å². The highest BCUT2D eigenvalue weighted by atomic mass is 16.4. The third-order valence-corrected chi connectivity index (χ3v) is 3.47. The molecule has 0 saturated carbocycles. The predicted octanol–water partition coefficient (Wildman–Crippen LogP) is 0.964. The lowest BCUT2D eigenvalue weighted by Crippen LogP contribution is -2.46. The normalized spacial score (nSPS) is 13.5. The molecule has 1 aliphatic heterocycles. The fraction of sp³-hybridized carbons (Fsp3) is 0.400. The van der Waals surface area contributed by atoms with Crippen LogP contribution >= 0.6 is 0 Å². The number of amides is 2. The predicted molar refractivity (Wildman–Crippen MR) is 75.7 cm³/mol. The molecule has 0 spiro atoms. The van der Waals surface area contributed by atoms with Gasteiger partial charge >= 0.3 is 5.97 Å². The van der Waals surface area contributed by atoms with Crippen molar-refractivity contribution in [3.8, 4) is 0 Å². The van der Waals surface area contributed by atoms with Crippen LogP contribution in [0, 0.1) is 0 Å². The van der Waals surface area contributed by atoms with E-state index in [4.69, 9.17) is 5.11 Å². The Morgan fingerprint density at radius 3 is 2.57 bits per heavy atom. The summed E-state index contributed by atoms with van der Waals surface area (Å²) < 4.78 is 0. The summed E-state index contributed by atoms with van der Waals surface area (Å²) in [6.45, 7) is 3.44. The third kappa shape index (κ3) is 3.21. The smallest absolute Gasteiger partial charge is 0.323 e. The van der Waals surface area contributed by atoms with Gasteiger partial charge in [-0.2, -0.15) is 0 Å². The molecule has 21 heavy (non-hydrogen) atoms. The first-order chi connectivity index (χ1) is 9.90. The van der Waals surface area contributed by atoms with Crippen LogP contribution in [-0.4, -0.2) is 51.8 Å². The monoisotopic (exact) mass is 290 g/mol. The number of benzene rings is 1. The summed E-state index contributed by atoms with van der Waals surface area (Å²) in [5.41, 5.74) is 1.50. The summed E-state index contributed by atoms with van der Waals surface area (Å²) in [5.74, 6) is -1.60. The molecule has 1 aromatic carbocycles. The van der Waals surface area contributed by atoms with Crippen LogP contribution in [0.25, 0.3) is 0 Å². The Morgan fingerprint density at radius 1 is 1.33 bits per heavy atom. The molecule has 2 rings (SSSR count). The molecule has 0 fully saturated rings. The second-order valence-corrected chi connectivity index (χ2v) is 5.33. The zero-order valence-electron chi connectivity index (χ0n) is 12.1. The first kappa shape index (κ1) is 15.0. The SMILES string of the molecule is CC(C)N(CC(=O)O)C(=O)CN1Cc2ccccc2C1=O. The molecule has 0 unspecified atom stereocenters. The first-order valence-electron chi connectivity index (χ1n) is 6.78. The van der Waals surface area contributed by atoms with Crippen LogP contribution in [0.5, 0.6) is 0 Å². The van der Waals surface area contributed by atoms with Crippen molar-refractivity contribution in [3.05, 3.63) is 35.4 Å². The fourth-order valence-corrected chi connectivity index (χ4v) is 2.40. The molecule has 6 nitrogen and oxygen atoms in total. The quantitative estimate of drug-likeness (QED) is 0.876. The number of carbonyl (C=O) groups is 3. The van der Waals surface area contributed by atoms with Gasteiger partial charge in [-0.15, -0.1) is 0 Å². The number of rotatable bonds is 5. The van der Waals surface area contributed by atoms with Gasteiger partial charge in [0.05, 0.1) is 0 Å². The molecular formula is C15H18N2O4. The molecule has 112 valence electrons. The topological polar surface area (TPSA) is 77.9 Å². The molecular weight excluding hydrogens is 272 g/mol. The maximum atomic E-state index is 12.2. The molecule has 1 N–H and O–H groups in total. The van der Waals surface area contributed by atoms with Crippen LogP contribution in [0.15, 0.2) is 24.3 Å². The number of nitrogens with zero attached hydrogens (tertiary/aromatic N) is 2. The molecule has 2 amide bonds. The first-order valence-corrected chi connectivity index (χ1v) is 6.78. The van der Waals surface area contributed by atoms with E-state index in [0.717, 1.165) is 5.56 Å². The molecule has 0 radical (unpaired) electrons. The van der Waals surface area contributed by atoms with E-state index in [0.29, 0.717) is 12.1 Å². The summed E-state index contributed by atoms with van der Waals surface area (Å²) >= 11 is 0.